The maximum absolute atomic E-state index is 5.93. The molecule has 0 aliphatic rings. The fraction of sp³-hybridized carbons (Fsp3) is 0.167. The summed E-state index contributed by atoms with van der Waals surface area (Å²) < 4.78 is 1.63. The van der Waals surface area contributed by atoms with Crippen LogP contribution in [0.4, 0.5) is 5.82 Å². The molecule has 0 fully saturated rings. The summed E-state index contributed by atoms with van der Waals surface area (Å²) in [4.78, 5) is 7.83. The summed E-state index contributed by atoms with van der Waals surface area (Å²) in [6, 6.07) is 6.05. The van der Waals surface area contributed by atoms with E-state index in [0.29, 0.717) is 5.82 Å². The molecular weight excluding hydrogens is 214 g/mol. The lowest BCUT2D eigenvalue weighted by Crippen LogP contribution is -1.98. The van der Waals surface area contributed by atoms with Gasteiger partial charge in [0, 0.05) is 7.05 Å². The molecule has 0 aliphatic carbocycles. The van der Waals surface area contributed by atoms with Crippen LogP contribution in [0.1, 0.15) is 5.56 Å². The van der Waals surface area contributed by atoms with E-state index in [9.17, 15) is 0 Å². The summed E-state index contributed by atoms with van der Waals surface area (Å²) in [6.07, 6.45) is 1.72. The van der Waals surface area contributed by atoms with Crippen molar-refractivity contribution in [3.63, 3.8) is 0 Å². The molecule has 0 unspecified atom stereocenters. The van der Waals surface area contributed by atoms with Crippen LogP contribution in [-0.2, 0) is 7.05 Å². The number of H-pyrrole nitrogens is 1. The number of nitrogens with zero attached hydrogens (tertiary/aromatic N) is 3. The van der Waals surface area contributed by atoms with Gasteiger partial charge in [0.15, 0.2) is 0 Å². The fourth-order valence-electron chi connectivity index (χ4n) is 1.93. The molecule has 1 aromatic carbocycles. The molecule has 86 valence electrons. The molecule has 3 rings (SSSR count). The molecule has 0 saturated heterocycles. The van der Waals surface area contributed by atoms with Crippen molar-refractivity contribution < 1.29 is 0 Å². The largest absolute Gasteiger partial charge is 0.383 e. The van der Waals surface area contributed by atoms with Crippen LogP contribution in [0.2, 0.25) is 0 Å². The Morgan fingerprint density at radius 3 is 2.82 bits per heavy atom. The van der Waals surface area contributed by atoms with Gasteiger partial charge in [-0.25, -0.2) is 4.98 Å². The van der Waals surface area contributed by atoms with E-state index < -0.39 is 0 Å². The van der Waals surface area contributed by atoms with Gasteiger partial charge in [0.1, 0.15) is 11.6 Å². The van der Waals surface area contributed by atoms with Gasteiger partial charge in [-0.2, -0.15) is 5.10 Å². The van der Waals surface area contributed by atoms with Crippen molar-refractivity contribution >= 4 is 16.9 Å². The molecule has 0 bridgehead atoms. The number of fused-ring (bicyclic) bond motifs is 1. The molecule has 2 aromatic heterocycles. The Labute approximate surface area is 98.3 Å². The first-order valence-electron chi connectivity index (χ1n) is 5.40. The molecule has 0 saturated carbocycles. The van der Waals surface area contributed by atoms with Crippen molar-refractivity contribution in [2.45, 2.75) is 6.92 Å². The predicted octanol–water partition coefficient (Wildman–Crippen LogP) is 1.85. The standard InChI is InChI=1S/C12H13N5/c1-7-4-3-5-9-10(7)16-12(15-9)8-6-14-17(2)11(8)13/h3-6H,13H2,1-2H3,(H,15,16). The molecular formula is C12H13N5. The number of hydrogen-bond donors (Lipinski definition) is 2. The average molecular weight is 227 g/mol. The summed E-state index contributed by atoms with van der Waals surface area (Å²) in [5.41, 5.74) is 9.91. The highest BCUT2D eigenvalue weighted by Crippen LogP contribution is 2.25. The van der Waals surface area contributed by atoms with Crippen LogP contribution in [0.25, 0.3) is 22.4 Å². The third-order valence-electron chi connectivity index (χ3n) is 2.95. The number of imidazole rings is 1. The van der Waals surface area contributed by atoms with Crippen LogP contribution in [0.5, 0.6) is 0 Å². The molecule has 0 aliphatic heterocycles. The van der Waals surface area contributed by atoms with E-state index in [1.807, 2.05) is 32.2 Å². The first-order valence-corrected chi connectivity index (χ1v) is 5.40. The Bertz CT molecular complexity index is 692. The van der Waals surface area contributed by atoms with Crippen LogP contribution in [0.3, 0.4) is 0 Å². The number of aromatic nitrogens is 4. The van der Waals surface area contributed by atoms with E-state index in [2.05, 4.69) is 15.1 Å². The molecule has 17 heavy (non-hydrogen) atoms. The predicted molar refractivity (Wildman–Crippen MR) is 67.4 cm³/mol. The Morgan fingerprint density at radius 1 is 1.35 bits per heavy atom. The molecule has 5 nitrogen and oxygen atoms in total. The average Bonchev–Trinajstić information content (AvgIpc) is 2.85. The van der Waals surface area contributed by atoms with Gasteiger partial charge < -0.3 is 10.7 Å². The van der Waals surface area contributed by atoms with Gasteiger partial charge in [0.2, 0.25) is 0 Å². The summed E-state index contributed by atoms with van der Waals surface area (Å²) in [5.74, 6) is 1.38. The highest BCUT2D eigenvalue weighted by Gasteiger charge is 2.12. The van der Waals surface area contributed by atoms with Gasteiger partial charge in [-0.1, -0.05) is 12.1 Å². The molecule has 0 atom stereocenters. The summed E-state index contributed by atoms with van der Waals surface area (Å²) in [6.45, 7) is 2.04. The van der Waals surface area contributed by atoms with Gasteiger partial charge in [0.25, 0.3) is 0 Å². The van der Waals surface area contributed by atoms with Crippen LogP contribution < -0.4 is 5.73 Å². The lowest BCUT2D eigenvalue weighted by Gasteiger charge is -1.95. The van der Waals surface area contributed by atoms with Crippen LogP contribution in [-0.4, -0.2) is 19.7 Å². The van der Waals surface area contributed by atoms with Gasteiger partial charge in [-0.15, -0.1) is 0 Å². The van der Waals surface area contributed by atoms with Gasteiger partial charge >= 0.3 is 0 Å². The number of aryl methyl sites for hydroxylation is 2. The van der Waals surface area contributed by atoms with Crippen molar-refractivity contribution in [3.8, 4) is 11.4 Å². The molecule has 5 heteroatoms. The molecule has 0 spiro atoms. The zero-order valence-corrected chi connectivity index (χ0v) is 9.73. The number of hydrogen-bond acceptors (Lipinski definition) is 3. The lowest BCUT2D eigenvalue weighted by atomic mass is 10.2. The fourth-order valence-corrected chi connectivity index (χ4v) is 1.93. The highest BCUT2D eigenvalue weighted by molar-refractivity contribution is 5.83. The minimum atomic E-state index is 0.613. The highest BCUT2D eigenvalue weighted by atomic mass is 15.3. The van der Waals surface area contributed by atoms with Crippen LogP contribution >= 0.6 is 0 Å². The minimum absolute atomic E-state index is 0.613. The second-order valence-corrected chi connectivity index (χ2v) is 4.12. The van der Waals surface area contributed by atoms with E-state index in [0.717, 1.165) is 28.0 Å². The number of benzene rings is 1. The number of para-hydroxylation sites is 1. The SMILES string of the molecule is Cc1cccc2[nH]c(-c3cnn(C)c3N)nc12. The Hall–Kier alpha value is -2.30. The minimum Gasteiger partial charge on any atom is -0.383 e. The first kappa shape index (κ1) is 9.89. The van der Waals surface area contributed by atoms with Gasteiger partial charge in [-0.05, 0) is 18.6 Å². The van der Waals surface area contributed by atoms with E-state index in [-0.39, 0.29) is 0 Å². The van der Waals surface area contributed by atoms with Crippen molar-refractivity contribution in [2.75, 3.05) is 5.73 Å². The third-order valence-corrected chi connectivity index (χ3v) is 2.95. The molecule has 3 N–H and O–H groups in total. The van der Waals surface area contributed by atoms with E-state index in [4.69, 9.17) is 5.73 Å². The van der Waals surface area contributed by atoms with Gasteiger partial charge in [0.05, 0.1) is 22.8 Å². The zero-order valence-electron chi connectivity index (χ0n) is 9.73. The summed E-state index contributed by atoms with van der Waals surface area (Å²) in [7, 11) is 1.81. The number of anilines is 1. The second kappa shape index (κ2) is 3.35. The van der Waals surface area contributed by atoms with Crippen LogP contribution in [0.15, 0.2) is 24.4 Å². The Balaban J connectivity index is 2.25. The number of rotatable bonds is 1. The van der Waals surface area contributed by atoms with Gasteiger partial charge in [-0.3, -0.25) is 4.68 Å². The summed E-state index contributed by atoms with van der Waals surface area (Å²) in [5, 5.41) is 4.12. The van der Waals surface area contributed by atoms with Crippen LogP contribution in [0, 0.1) is 6.92 Å². The monoisotopic (exact) mass is 227 g/mol. The van der Waals surface area contributed by atoms with Crippen molar-refractivity contribution in [3.05, 3.63) is 30.0 Å². The smallest absolute Gasteiger partial charge is 0.143 e. The molecule has 0 radical (unpaired) electrons. The van der Waals surface area contributed by atoms with Crippen molar-refractivity contribution in [1.29, 1.82) is 0 Å². The lowest BCUT2D eigenvalue weighted by molar-refractivity contribution is 0.779. The normalized spacial score (nSPS) is 11.2. The third kappa shape index (κ3) is 1.39. The van der Waals surface area contributed by atoms with E-state index in [1.165, 1.54) is 0 Å². The number of nitrogens with two attached hydrogens (primary N) is 1. The zero-order chi connectivity index (χ0) is 12.0. The second-order valence-electron chi connectivity index (χ2n) is 4.12. The number of nitrogens with one attached hydrogen (secondary N) is 1. The molecule has 0 amide bonds. The van der Waals surface area contributed by atoms with Crippen molar-refractivity contribution in [1.82, 2.24) is 19.7 Å². The number of nitrogen functional groups attached to an aromatic ring is 1. The topological polar surface area (TPSA) is 72.5 Å². The van der Waals surface area contributed by atoms with Crippen molar-refractivity contribution in [2.24, 2.45) is 7.05 Å². The Kier molecular flexibility index (Phi) is 1.95. The maximum atomic E-state index is 5.93. The Morgan fingerprint density at radius 2 is 2.18 bits per heavy atom. The molecule has 2 heterocycles. The van der Waals surface area contributed by atoms with E-state index in [1.54, 1.807) is 10.9 Å². The molecule has 3 aromatic rings. The summed E-state index contributed by atoms with van der Waals surface area (Å²) >= 11 is 0. The quantitative estimate of drug-likeness (QED) is 0.666. The first-order chi connectivity index (χ1) is 8.16. The number of aromatic amines is 1. The van der Waals surface area contributed by atoms with E-state index >= 15 is 0 Å². The maximum Gasteiger partial charge on any atom is 0.143 e.